The molecule has 1 heterocycles. The highest BCUT2D eigenvalue weighted by molar-refractivity contribution is 6.31. The van der Waals surface area contributed by atoms with Crippen molar-refractivity contribution in [1.82, 2.24) is 10.2 Å². The van der Waals surface area contributed by atoms with E-state index in [1.807, 2.05) is 24.9 Å². The van der Waals surface area contributed by atoms with Crippen molar-refractivity contribution in [2.24, 2.45) is 0 Å². The van der Waals surface area contributed by atoms with Gasteiger partial charge >= 0.3 is 0 Å². The molecule has 1 fully saturated rings. The largest absolute Gasteiger partial charge is 0.484 e. The van der Waals surface area contributed by atoms with Gasteiger partial charge in [0.05, 0.1) is 0 Å². The SMILES string of the molecule is Cc1cc(OCC(=O)N(C)C2CCNCC2)ccc1Cl. The van der Waals surface area contributed by atoms with Gasteiger partial charge in [-0.25, -0.2) is 0 Å². The fourth-order valence-corrected chi connectivity index (χ4v) is 2.47. The molecule has 110 valence electrons. The standard InChI is InChI=1S/C15H21ClN2O2/c1-11-9-13(3-4-14(11)16)20-10-15(19)18(2)12-5-7-17-8-6-12/h3-4,9,12,17H,5-8,10H2,1-2H3. The van der Waals surface area contributed by atoms with Crippen LogP contribution >= 0.6 is 11.6 Å². The second kappa shape index (κ2) is 6.95. The van der Waals surface area contributed by atoms with Gasteiger partial charge in [0.1, 0.15) is 5.75 Å². The topological polar surface area (TPSA) is 41.6 Å². The number of nitrogens with one attached hydrogen (secondary N) is 1. The molecule has 1 aromatic carbocycles. The average Bonchev–Trinajstić information content (AvgIpc) is 2.48. The van der Waals surface area contributed by atoms with E-state index in [1.165, 1.54) is 0 Å². The minimum atomic E-state index is 0.0181. The Bertz CT molecular complexity index is 473. The van der Waals surface area contributed by atoms with Crippen molar-refractivity contribution in [3.63, 3.8) is 0 Å². The minimum absolute atomic E-state index is 0.0181. The van der Waals surface area contributed by atoms with Crippen LogP contribution in [0, 0.1) is 6.92 Å². The molecule has 20 heavy (non-hydrogen) atoms. The zero-order chi connectivity index (χ0) is 14.5. The first-order valence-corrected chi connectivity index (χ1v) is 7.31. The van der Waals surface area contributed by atoms with Crippen molar-refractivity contribution in [3.8, 4) is 5.75 Å². The Balaban J connectivity index is 1.86. The van der Waals surface area contributed by atoms with E-state index in [-0.39, 0.29) is 12.5 Å². The lowest BCUT2D eigenvalue weighted by molar-refractivity contribution is -0.134. The van der Waals surface area contributed by atoms with E-state index >= 15 is 0 Å². The number of halogens is 1. The molecule has 1 saturated heterocycles. The monoisotopic (exact) mass is 296 g/mol. The summed E-state index contributed by atoms with van der Waals surface area (Å²) in [5.41, 5.74) is 0.948. The first-order valence-electron chi connectivity index (χ1n) is 6.93. The van der Waals surface area contributed by atoms with Crippen molar-refractivity contribution in [2.45, 2.75) is 25.8 Å². The number of hydrogen-bond donors (Lipinski definition) is 1. The molecule has 1 N–H and O–H groups in total. The van der Waals surface area contributed by atoms with Crippen LogP contribution < -0.4 is 10.1 Å². The van der Waals surface area contributed by atoms with E-state index in [0.29, 0.717) is 16.8 Å². The molecule has 0 saturated carbocycles. The maximum absolute atomic E-state index is 12.1. The van der Waals surface area contributed by atoms with E-state index in [4.69, 9.17) is 16.3 Å². The molecule has 0 aliphatic carbocycles. The lowest BCUT2D eigenvalue weighted by Gasteiger charge is -2.31. The maximum Gasteiger partial charge on any atom is 0.260 e. The summed E-state index contributed by atoms with van der Waals surface area (Å²) < 4.78 is 5.55. The lowest BCUT2D eigenvalue weighted by Crippen LogP contribution is -2.45. The van der Waals surface area contributed by atoms with E-state index in [2.05, 4.69) is 5.32 Å². The fourth-order valence-electron chi connectivity index (χ4n) is 2.35. The number of carbonyl (C=O) groups excluding carboxylic acids is 1. The highest BCUT2D eigenvalue weighted by atomic mass is 35.5. The second-order valence-electron chi connectivity index (χ2n) is 5.19. The number of carbonyl (C=O) groups is 1. The molecule has 1 aromatic rings. The van der Waals surface area contributed by atoms with Crippen LogP contribution in [0.25, 0.3) is 0 Å². The van der Waals surface area contributed by atoms with E-state index < -0.39 is 0 Å². The minimum Gasteiger partial charge on any atom is -0.484 e. The highest BCUT2D eigenvalue weighted by Crippen LogP contribution is 2.21. The third kappa shape index (κ3) is 3.87. The van der Waals surface area contributed by atoms with Crippen molar-refractivity contribution in [1.29, 1.82) is 0 Å². The van der Waals surface area contributed by atoms with Crippen LogP contribution in [0.4, 0.5) is 0 Å². The highest BCUT2D eigenvalue weighted by Gasteiger charge is 2.22. The Labute approximate surface area is 125 Å². The van der Waals surface area contributed by atoms with Crippen molar-refractivity contribution < 1.29 is 9.53 Å². The van der Waals surface area contributed by atoms with Crippen LogP contribution in [-0.4, -0.2) is 43.6 Å². The molecule has 2 rings (SSSR count). The maximum atomic E-state index is 12.1. The van der Waals surface area contributed by atoms with Gasteiger partial charge < -0.3 is 15.0 Å². The summed E-state index contributed by atoms with van der Waals surface area (Å²) >= 11 is 5.96. The van der Waals surface area contributed by atoms with Gasteiger partial charge in [0.2, 0.25) is 0 Å². The smallest absolute Gasteiger partial charge is 0.260 e. The molecule has 5 heteroatoms. The Morgan fingerprint density at radius 1 is 1.45 bits per heavy atom. The van der Waals surface area contributed by atoms with Crippen LogP contribution in [0.1, 0.15) is 18.4 Å². The second-order valence-corrected chi connectivity index (χ2v) is 5.59. The van der Waals surface area contributed by atoms with Crippen molar-refractivity contribution in [3.05, 3.63) is 28.8 Å². The Morgan fingerprint density at radius 3 is 2.80 bits per heavy atom. The Morgan fingerprint density at radius 2 is 2.15 bits per heavy atom. The molecule has 0 atom stereocenters. The molecule has 0 unspecified atom stereocenters. The number of piperidine rings is 1. The molecule has 4 nitrogen and oxygen atoms in total. The van der Waals surface area contributed by atoms with Crippen molar-refractivity contribution >= 4 is 17.5 Å². The normalized spacial score (nSPS) is 15.9. The Kier molecular flexibility index (Phi) is 5.26. The summed E-state index contributed by atoms with van der Waals surface area (Å²) in [7, 11) is 1.86. The summed E-state index contributed by atoms with van der Waals surface area (Å²) in [6.07, 6.45) is 2.00. The number of nitrogens with zero attached hydrogens (tertiary/aromatic N) is 1. The molecular formula is C15H21ClN2O2. The van der Waals surface area contributed by atoms with Crippen LogP contribution in [0.5, 0.6) is 5.75 Å². The van der Waals surface area contributed by atoms with E-state index in [9.17, 15) is 4.79 Å². The van der Waals surface area contributed by atoms with Crippen LogP contribution in [0.2, 0.25) is 5.02 Å². The molecule has 0 radical (unpaired) electrons. The van der Waals surface area contributed by atoms with E-state index in [1.54, 1.807) is 12.1 Å². The molecule has 0 spiro atoms. The number of ether oxygens (including phenoxy) is 1. The number of rotatable bonds is 4. The third-order valence-corrected chi connectivity index (χ3v) is 4.17. The number of hydrogen-bond acceptors (Lipinski definition) is 3. The number of likely N-dealkylation sites (N-methyl/N-ethyl adjacent to an activating group) is 1. The molecule has 0 aromatic heterocycles. The Hall–Kier alpha value is -1.26. The zero-order valence-corrected chi connectivity index (χ0v) is 12.7. The zero-order valence-electron chi connectivity index (χ0n) is 12.0. The summed E-state index contributed by atoms with van der Waals surface area (Å²) in [5.74, 6) is 0.698. The molecule has 1 aliphatic heterocycles. The van der Waals surface area contributed by atoms with Crippen LogP contribution in [0.3, 0.4) is 0 Å². The quantitative estimate of drug-likeness (QED) is 0.926. The third-order valence-electron chi connectivity index (χ3n) is 3.74. The fraction of sp³-hybridized carbons (Fsp3) is 0.533. The number of amides is 1. The molecule has 0 bridgehead atoms. The molecule has 1 amide bonds. The van der Waals surface area contributed by atoms with Crippen LogP contribution in [0.15, 0.2) is 18.2 Å². The van der Waals surface area contributed by atoms with Gasteiger partial charge in [-0.05, 0) is 56.6 Å². The summed E-state index contributed by atoms with van der Waals surface area (Å²) in [6.45, 7) is 3.93. The average molecular weight is 297 g/mol. The summed E-state index contributed by atoms with van der Waals surface area (Å²) in [6, 6.07) is 5.74. The van der Waals surface area contributed by atoms with Crippen molar-refractivity contribution in [2.75, 3.05) is 26.7 Å². The summed E-state index contributed by atoms with van der Waals surface area (Å²) in [4.78, 5) is 13.9. The molecule has 1 aliphatic rings. The van der Waals surface area contributed by atoms with Gasteiger partial charge in [0.25, 0.3) is 5.91 Å². The van der Waals surface area contributed by atoms with Gasteiger partial charge in [0, 0.05) is 18.1 Å². The molecular weight excluding hydrogens is 276 g/mol. The first-order chi connectivity index (χ1) is 9.58. The van der Waals surface area contributed by atoms with Gasteiger partial charge in [0.15, 0.2) is 6.61 Å². The van der Waals surface area contributed by atoms with Gasteiger partial charge in [-0.1, -0.05) is 11.6 Å². The lowest BCUT2D eigenvalue weighted by atomic mass is 10.1. The van der Waals surface area contributed by atoms with Gasteiger partial charge in [-0.2, -0.15) is 0 Å². The van der Waals surface area contributed by atoms with Gasteiger partial charge in [-0.15, -0.1) is 0 Å². The number of benzene rings is 1. The first kappa shape index (κ1) is 15.1. The van der Waals surface area contributed by atoms with Crippen LogP contribution in [-0.2, 0) is 4.79 Å². The predicted octanol–water partition coefficient (Wildman–Crippen LogP) is 2.24. The number of aryl methyl sites for hydroxylation is 1. The summed E-state index contributed by atoms with van der Waals surface area (Å²) in [5, 5.41) is 4.00. The van der Waals surface area contributed by atoms with E-state index in [0.717, 1.165) is 31.5 Å². The van der Waals surface area contributed by atoms with Gasteiger partial charge in [-0.3, -0.25) is 4.79 Å². The predicted molar refractivity (Wildman–Crippen MR) is 80.3 cm³/mol.